The average molecular weight is 363 g/mol. The molecule has 0 aromatic carbocycles. The lowest BCUT2D eigenvalue weighted by molar-refractivity contribution is 0.525. The maximum atomic E-state index is 4.94. The highest BCUT2D eigenvalue weighted by atomic mass is 15.4. The first-order valence-corrected chi connectivity index (χ1v) is 9.62. The summed E-state index contributed by atoms with van der Waals surface area (Å²) >= 11 is 0. The van der Waals surface area contributed by atoms with Crippen molar-refractivity contribution in [3.63, 3.8) is 0 Å². The zero-order chi connectivity index (χ0) is 18.8. The third-order valence-electron chi connectivity index (χ3n) is 5.73. The van der Waals surface area contributed by atoms with Crippen molar-refractivity contribution in [2.24, 2.45) is 7.05 Å². The molecule has 5 rings (SSSR count). The lowest BCUT2D eigenvalue weighted by Crippen LogP contribution is -2.39. The summed E-state index contributed by atoms with van der Waals surface area (Å²) in [6, 6.07) is 7.09. The number of hydrogen-bond acceptors (Lipinski definition) is 5. The topological polar surface area (TPSA) is 64.1 Å². The van der Waals surface area contributed by atoms with Crippen molar-refractivity contribution in [2.45, 2.75) is 57.5 Å². The van der Waals surface area contributed by atoms with E-state index in [1.165, 1.54) is 24.1 Å². The van der Waals surface area contributed by atoms with Crippen LogP contribution in [0.2, 0.25) is 0 Å². The van der Waals surface area contributed by atoms with E-state index in [1.807, 2.05) is 28.5 Å². The largest absolute Gasteiger partial charge is 0.345 e. The van der Waals surface area contributed by atoms with Gasteiger partial charge < -0.3 is 4.90 Å². The van der Waals surface area contributed by atoms with Gasteiger partial charge in [0.2, 0.25) is 0 Å². The summed E-state index contributed by atoms with van der Waals surface area (Å²) in [5, 5.41) is 17.9. The van der Waals surface area contributed by atoms with Crippen LogP contribution < -0.4 is 4.90 Å². The molecular weight excluding hydrogens is 338 g/mol. The van der Waals surface area contributed by atoms with Crippen molar-refractivity contribution in [1.82, 2.24) is 29.6 Å². The fourth-order valence-electron chi connectivity index (χ4n) is 4.45. The van der Waals surface area contributed by atoms with Crippen LogP contribution in [-0.2, 0) is 12.5 Å². The molecule has 0 N–H and O–H groups in total. The van der Waals surface area contributed by atoms with Crippen LogP contribution in [0.3, 0.4) is 0 Å². The first-order valence-electron chi connectivity index (χ1n) is 9.62. The van der Waals surface area contributed by atoms with Gasteiger partial charge in [-0.25, -0.2) is 0 Å². The molecule has 2 aliphatic heterocycles. The van der Waals surface area contributed by atoms with Gasteiger partial charge in [-0.3, -0.25) is 4.68 Å². The molecular formula is C20H25N7. The van der Waals surface area contributed by atoms with Gasteiger partial charge in [0.1, 0.15) is 0 Å². The Hall–Kier alpha value is -2.70. The van der Waals surface area contributed by atoms with Crippen LogP contribution >= 0.6 is 0 Å². The lowest BCUT2D eigenvalue weighted by atomic mass is 9.96. The number of nitrogens with zero attached hydrogens (tertiary/aromatic N) is 7. The van der Waals surface area contributed by atoms with E-state index in [2.05, 4.69) is 59.2 Å². The smallest absolute Gasteiger partial charge is 0.178 e. The first-order chi connectivity index (χ1) is 12.9. The molecule has 7 heteroatoms. The molecule has 0 amide bonds. The Morgan fingerprint density at radius 1 is 1.07 bits per heavy atom. The van der Waals surface area contributed by atoms with Gasteiger partial charge in [-0.1, -0.05) is 26.8 Å². The summed E-state index contributed by atoms with van der Waals surface area (Å²) in [5.74, 6) is 1.91. The van der Waals surface area contributed by atoms with E-state index in [0.29, 0.717) is 12.1 Å². The van der Waals surface area contributed by atoms with E-state index in [4.69, 9.17) is 5.10 Å². The minimum absolute atomic E-state index is 0.0987. The quantitative estimate of drug-likeness (QED) is 0.700. The number of aryl methyl sites for hydroxylation is 1. The molecule has 140 valence electrons. The predicted octanol–water partition coefficient (Wildman–Crippen LogP) is 2.98. The minimum Gasteiger partial charge on any atom is -0.345 e. The maximum absolute atomic E-state index is 4.94. The molecule has 2 unspecified atom stereocenters. The summed E-state index contributed by atoms with van der Waals surface area (Å²) in [5.41, 5.74) is 3.33. The molecule has 0 aliphatic carbocycles. The summed E-state index contributed by atoms with van der Waals surface area (Å²) in [7, 11) is 2.01. The molecule has 0 spiro atoms. The van der Waals surface area contributed by atoms with Crippen LogP contribution in [-0.4, -0.2) is 41.7 Å². The van der Waals surface area contributed by atoms with Crippen molar-refractivity contribution in [3.8, 4) is 0 Å². The summed E-state index contributed by atoms with van der Waals surface area (Å²) in [4.78, 5) is 2.48. The second-order valence-electron chi connectivity index (χ2n) is 8.68. The summed E-state index contributed by atoms with van der Waals surface area (Å²) in [6.45, 7) is 6.43. The summed E-state index contributed by atoms with van der Waals surface area (Å²) in [6.07, 6.45) is 7.67. The van der Waals surface area contributed by atoms with Crippen LogP contribution in [0.5, 0.6) is 0 Å². The molecule has 2 atom stereocenters. The van der Waals surface area contributed by atoms with E-state index in [-0.39, 0.29) is 5.41 Å². The van der Waals surface area contributed by atoms with Gasteiger partial charge in [0.05, 0.1) is 5.69 Å². The molecule has 3 aromatic heterocycles. The van der Waals surface area contributed by atoms with E-state index >= 15 is 0 Å². The lowest BCUT2D eigenvalue weighted by Gasteiger charge is -2.35. The Labute approximate surface area is 158 Å². The first kappa shape index (κ1) is 16.5. The molecule has 7 nitrogen and oxygen atoms in total. The van der Waals surface area contributed by atoms with E-state index in [1.54, 1.807) is 0 Å². The Morgan fingerprint density at radius 2 is 1.93 bits per heavy atom. The van der Waals surface area contributed by atoms with Crippen LogP contribution in [0.25, 0.3) is 11.2 Å². The Morgan fingerprint density at radius 3 is 2.63 bits per heavy atom. The Balaban J connectivity index is 1.54. The van der Waals surface area contributed by atoms with Crippen molar-refractivity contribution < 1.29 is 0 Å². The number of fused-ring (bicyclic) bond motifs is 3. The highest BCUT2D eigenvalue weighted by Gasteiger charge is 2.38. The predicted molar refractivity (Wildman–Crippen MR) is 105 cm³/mol. The third kappa shape index (κ3) is 2.56. The fraction of sp³-hybridized carbons (Fsp3) is 0.500. The SMILES string of the molecule is Cn1nccc1C1=CC2CCC(C1)N2c1ccc2nnc(C(C)(C)C)n2n1. The average Bonchev–Trinajstić information content (AvgIpc) is 3.29. The van der Waals surface area contributed by atoms with Crippen LogP contribution in [0.4, 0.5) is 5.82 Å². The van der Waals surface area contributed by atoms with Crippen LogP contribution in [0, 0.1) is 0 Å². The minimum atomic E-state index is -0.0987. The van der Waals surface area contributed by atoms with Gasteiger partial charge in [-0.05, 0) is 43.0 Å². The second kappa shape index (κ2) is 5.65. The number of anilines is 1. The third-order valence-corrected chi connectivity index (χ3v) is 5.73. The second-order valence-corrected chi connectivity index (χ2v) is 8.68. The van der Waals surface area contributed by atoms with Gasteiger partial charge in [0.25, 0.3) is 0 Å². The van der Waals surface area contributed by atoms with Crippen LogP contribution in [0.15, 0.2) is 30.5 Å². The zero-order valence-electron chi connectivity index (χ0n) is 16.3. The van der Waals surface area contributed by atoms with E-state index in [0.717, 1.165) is 23.7 Å². The fourth-order valence-corrected chi connectivity index (χ4v) is 4.45. The van der Waals surface area contributed by atoms with E-state index in [9.17, 15) is 0 Å². The highest BCUT2D eigenvalue weighted by molar-refractivity contribution is 5.69. The number of rotatable bonds is 2. The van der Waals surface area contributed by atoms with Crippen molar-refractivity contribution in [3.05, 3.63) is 42.0 Å². The maximum Gasteiger partial charge on any atom is 0.178 e. The molecule has 0 radical (unpaired) electrons. The zero-order valence-corrected chi connectivity index (χ0v) is 16.3. The molecule has 2 aliphatic rings. The normalized spacial score (nSPS) is 22.5. The Kier molecular flexibility index (Phi) is 3.44. The van der Waals surface area contributed by atoms with Gasteiger partial charge in [0, 0.05) is 30.7 Å². The molecule has 1 saturated heterocycles. The molecule has 0 saturated carbocycles. The van der Waals surface area contributed by atoms with E-state index < -0.39 is 0 Å². The van der Waals surface area contributed by atoms with Gasteiger partial charge >= 0.3 is 0 Å². The number of aromatic nitrogens is 6. The van der Waals surface area contributed by atoms with Crippen molar-refractivity contribution >= 4 is 17.0 Å². The molecule has 1 fully saturated rings. The van der Waals surface area contributed by atoms with Gasteiger partial charge in [-0.15, -0.1) is 15.3 Å². The molecule has 27 heavy (non-hydrogen) atoms. The summed E-state index contributed by atoms with van der Waals surface area (Å²) < 4.78 is 3.88. The highest BCUT2D eigenvalue weighted by Crippen LogP contribution is 2.40. The van der Waals surface area contributed by atoms with Crippen molar-refractivity contribution in [1.29, 1.82) is 0 Å². The van der Waals surface area contributed by atoms with Gasteiger partial charge in [0.15, 0.2) is 17.3 Å². The van der Waals surface area contributed by atoms with Gasteiger partial charge in [-0.2, -0.15) is 9.61 Å². The molecule has 3 aromatic rings. The standard InChI is InChI=1S/C20H25N7/c1-20(2,3)19-23-22-17-7-8-18(24-27(17)19)26-14-5-6-15(26)12-13(11-14)16-9-10-21-25(16)4/h7-11,14-15H,5-6,12H2,1-4H3. The number of hydrogen-bond donors (Lipinski definition) is 0. The molecule has 5 heterocycles. The molecule has 2 bridgehead atoms. The monoisotopic (exact) mass is 363 g/mol. The van der Waals surface area contributed by atoms with Crippen LogP contribution in [0.1, 0.15) is 51.6 Å². The van der Waals surface area contributed by atoms with Crippen molar-refractivity contribution in [2.75, 3.05) is 4.90 Å². The Bertz CT molecular complexity index is 1040.